The van der Waals surface area contributed by atoms with Crippen LogP contribution in [0.3, 0.4) is 0 Å². The first-order valence-electron chi connectivity index (χ1n) is 7.38. The van der Waals surface area contributed by atoms with E-state index in [1.54, 1.807) is 12.1 Å². The van der Waals surface area contributed by atoms with Crippen LogP contribution in [0.5, 0.6) is 5.75 Å². The SMILES string of the molecule is CC(C)N(CC(O)COc1ccc(F)cc1)C1CCC1. The molecule has 1 N–H and O–H groups in total. The van der Waals surface area contributed by atoms with Crippen molar-refractivity contribution in [3.63, 3.8) is 0 Å². The predicted octanol–water partition coefficient (Wildman–Crippen LogP) is 2.83. The molecule has 112 valence electrons. The molecule has 1 aliphatic carbocycles. The molecule has 1 aliphatic rings. The third-order valence-electron chi connectivity index (χ3n) is 3.88. The molecular formula is C16H24FNO2. The third-order valence-corrected chi connectivity index (χ3v) is 3.88. The molecule has 0 saturated heterocycles. The van der Waals surface area contributed by atoms with Gasteiger partial charge in [0.15, 0.2) is 0 Å². The van der Waals surface area contributed by atoms with E-state index in [1.807, 2.05) is 0 Å². The van der Waals surface area contributed by atoms with Crippen LogP contribution >= 0.6 is 0 Å². The summed E-state index contributed by atoms with van der Waals surface area (Å²) >= 11 is 0. The maximum Gasteiger partial charge on any atom is 0.123 e. The zero-order valence-corrected chi connectivity index (χ0v) is 12.3. The van der Waals surface area contributed by atoms with Crippen molar-refractivity contribution in [1.82, 2.24) is 4.90 Å². The second-order valence-electron chi connectivity index (χ2n) is 5.79. The fourth-order valence-corrected chi connectivity index (χ4v) is 2.52. The van der Waals surface area contributed by atoms with E-state index in [-0.39, 0.29) is 12.4 Å². The maximum absolute atomic E-state index is 12.8. The zero-order chi connectivity index (χ0) is 14.5. The van der Waals surface area contributed by atoms with Gasteiger partial charge >= 0.3 is 0 Å². The van der Waals surface area contributed by atoms with E-state index < -0.39 is 6.10 Å². The standard InChI is InChI=1S/C16H24FNO2/c1-12(2)18(14-4-3-5-14)10-15(19)11-20-16-8-6-13(17)7-9-16/h6-9,12,14-15,19H,3-5,10-11H2,1-2H3. The van der Waals surface area contributed by atoms with Crippen LogP contribution < -0.4 is 4.74 Å². The van der Waals surface area contributed by atoms with Gasteiger partial charge in [0.25, 0.3) is 0 Å². The number of ether oxygens (including phenoxy) is 1. The molecule has 3 nitrogen and oxygen atoms in total. The number of rotatable bonds is 7. The summed E-state index contributed by atoms with van der Waals surface area (Å²) in [5, 5.41) is 10.1. The van der Waals surface area contributed by atoms with Gasteiger partial charge in [-0.05, 0) is 51.0 Å². The lowest BCUT2D eigenvalue weighted by molar-refractivity contribution is 0.0177. The first-order chi connectivity index (χ1) is 9.56. The number of aliphatic hydroxyl groups excluding tert-OH is 1. The normalized spacial score (nSPS) is 17.3. The number of halogens is 1. The van der Waals surface area contributed by atoms with Crippen molar-refractivity contribution < 1.29 is 14.2 Å². The molecule has 0 aromatic heterocycles. The Morgan fingerprint density at radius 2 is 1.95 bits per heavy atom. The Morgan fingerprint density at radius 3 is 2.45 bits per heavy atom. The molecule has 1 saturated carbocycles. The van der Waals surface area contributed by atoms with Crippen LogP contribution in [0.4, 0.5) is 4.39 Å². The molecule has 0 radical (unpaired) electrons. The van der Waals surface area contributed by atoms with Gasteiger partial charge in [-0.25, -0.2) is 4.39 Å². The van der Waals surface area contributed by atoms with Crippen molar-refractivity contribution in [3.05, 3.63) is 30.1 Å². The van der Waals surface area contributed by atoms with Gasteiger partial charge in [-0.2, -0.15) is 0 Å². The lowest BCUT2D eigenvalue weighted by Crippen LogP contribution is -2.48. The molecule has 2 rings (SSSR count). The number of hydrogen-bond donors (Lipinski definition) is 1. The summed E-state index contributed by atoms with van der Waals surface area (Å²) in [6, 6.07) is 6.91. The van der Waals surface area contributed by atoms with Gasteiger partial charge in [0.2, 0.25) is 0 Å². The molecule has 0 spiro atoms. The zero-order valence-electron chi connectivity index (χ0n) is 12.3. The topological polar surface area (TPSA) is 32.7 Å². The van der Waals surface area contributed by atoms with Crippen LogP contribution in [-0.2, 0) is 0 Å². The Kier molecular flexibility index (Phi) is 5.38. The van der Waals surface area contributed by atoms with Gasteiger partial charge in [-0.3, -0.25) is 4.90 Å². The monoisotopic (exact) mass is 281 g/mol. The van der Waals surface area contributed by atoms with Crippen molar-refractivity contribution in [2.45, 2.75) is 51.3 Å². The summed E-state index contributed by atoms with van der Waals surface area (Å²) in [6.07, 6.45) is 3.21. The van der Waals surface area contributed by atoms with Crippen LogP contribution in [0.2, 0.25) is 0 Å². The highest BCUT2D eigenvalue weighted by Gasteiger charge is 2.28. The molecule has 20 heavy (non-hydrogen) atoms. The Labute approximate surface area is 120 Å². The summed E-state index contributed by atoms with van der Waals surface area (Å²) in [5.41, 5.74) is 0. The summed E-state index contributed by atoms with van der Waals surface area (Å²) in [5.74, 6) is 0.305. The van der Waals surface area contributed by atoms with Gasteiger partial charge in [-0.15, -0.1) is 0 Å². The fraction of sp³-hybridized carbons (Fsp3) is 0.625. The van der Waals surface area contributed by atoms with E-state index >= 15 is 0 Å². The van der Waals surface area contributed by atoms with E-state index in [4.69, 9.17) is 4.74 Å². The van der Waals surface area contributed by atoms with Crippen molar-refractivity contribution in [3.8, 4) is 5.75 Å². The van der Waals surface area contributed by atoms with E-state index in [1.165, 1.54) is 31.4 Å². The minimum absolute atomic E-state index is 0.238. The highest BCUT2D eigenvalue weighted by Crippen LogP contribution is 2.26. The van der Waals surface area contributed by atoms with Crippen LogP contribution in [0.1, 0.15) is 33.1 Å². The van der Waals surface area contributed by atoms with E-state index in [9.17, 15) is 9.50 Å². The van der Waals surface area contributed by atoms with Crippen LogP contribution in [0.25, 0.3) is 0 Å². The number of aliphatic hydroxyl groups is 1. The molecule has 0 heterocycles. The van der Waals surface area contributed by atoms with E-state index in [0.717, 1.165) is 0 Å². The molecule has 4 heteroatoms. The van der Waals surface area contributed by atoms with Gasteiger partial charge in [0, 0.05) is 18.6 Å². The Bertz CT molecular complexity index is 403. The molecule has 0 amide bonds. The molecule has 1 fully saturated rings. The first-order valence-corrected chi connectivity index (χ1v) is 7.38. The molecule has 1 atom stereocenters. The average Bonchev–Trinajstić information content (AvgIpc) is 2.35. The van der Waals surface area contributed by atoms with Gasteiger partial charge in [0.1, 0.15) is 24.3 Å². The van der Waals surface area contributed by atoms with Crippen molar-refractivity contribution in [2.75, 3.05) is 13.2 Å². The predicted molar refractivity (Wildman–Crippen MR) is 77.4 cm³/mol. The van der Waals surface area contributed by atoms with Crippen LogP contribution in [0, 0.1) is 5.82 Å². The van der Waals surface area contributed by atoms with Gasteiger partial charge in [-0.1, -0.05) is 6.42 Å². The van der Waals surface area contributed by atoms with Crippen LogP contribution in [-0.4, -0.2) is 41.3 Å². The van der Waals surface area contributed by atoms with Gasteiger partial charge in [0.05, 0.1) is 0 Å². The fourth-order valence-electron chi connectivity index (χ4n) is 2.52. The number of hydrogen-bond acceptors (Lipinski definition) is 3. The second kappa shape index (κ2) is 7.04. The molecule has 1 aromatic carbocycles. The summed E-state index contributed by atoms with van der Waals surface area (Å²) in [7, 11) is 0. The summed E-state index contributed by atoms with van der Waals surface area (Å²) < 4.78 is 18.3. The second-order valence-corrected chi connectivity index (χ2v) is 5.79. The minimum atomic E-state index is -0.525. The lowest BCUT2D eigenvalue weighted by Gasteiger charge is -2.41. The van der Waals surface area contributed by atoms with Crippen molar-refractivity contribution >= 4 is 0 Å². The molecule has 0 aliphatic heterocycles. The number of benzene rings is 1. The average molecular weight is 281 g/mol. The quantitative estimate of drug-likeness (QED) is 0.834. The maximum atomic E-state index is 12.8. The highest BCUT2D eigenvalue weighted by molar-refractivity contribution is 5.22. The van der Waals surface area contributed by atoms with Gasteiger partial charge < -0.3 is 9.84 Å². The summed E-state index contributed by atoms with van der Waals surface area (Å²) in [6.45, 7) is 5.18. The summed E-state index contributed by atoms with van der Waals surface area (Å²) in [4.78, 5) is 2.35. The van der Waals surface area contributed by atoms with Crippen LogP contribution in [0.15, 0.2) is 24.3 Å². The third kappa shape index (κ3) is 4.18. The Hall–Kier alpha value is -1.13. The number of nitrogens with zero attached hydrogens (tertiary/aromatic N) is 1. The smallest absolute Gasteiger partial charge is 0.123 e. The lowest BCUT2D eigenvalue weighted by atomic mass is 9.90. The largest absolute Gasteiger partial charge is 0.491 e. The molecular weight excluding hydrogens is 257 g/mol. The highest BCUT2D eigenvalue weighted by atomic mass is 19.1. The molecule has 1 aromatic rings. The van der Waals surface area contributed by atoms with E-state index in [2.05, 4.69) is 18.7 Å². The van der Waals surface area contributed by atoms with Crippen molar-refractivity contribution in [1.29, 1.82) is 0 Å². The Balaban J connectivity index is 1.78. The van der Waals surface area contributed by atoms with Crippen molar-refractivity contribution in [2.24, 2.45) is 0 Å². The Morgan fingerprint density at radius 1 is 1.30 bits per heavy atom. The minimum Gasteiger partial charge on any atom is -0.491 e. The molecule has 0 bridgehead atoms. The van der Waals surface area contributed by atoms with E-state index in [0.29, 0.717) is 24.4 Å². The molecule has 1 unspecified atom stereocenters. The first kappa shape index (κ1) is 15.3.